The summed E-state index contributed by atoms with van der Waals surface area (Å²) in [4.78, 5) is 14.7. The number of carbonyl (C=O) groups excluding carboxylic acids is 1. The molecule has 0 fully saturated rings. The standard InChI is InChI=1S/C15H13NO2/c17-14(18)11-16-15(12-7-3-1-4-8-12)13-9-5-2-6-10-13/h1-10H,11H2,(H,17,18)/p-1. The van der Waals surface area contributed by atoms with Gasteiger partial charge in [0, 0.05) is 11.1 Å². The molecule has 2 rings (SSSR count). The molecule has 0 aliphatic heterocycles. The third-order valence-electron chi connectivity index (χ3n) is 2.46. The smallest absolute Gasteiger partial charge is 0.0792 e. The molecule has 0 N–H and O–H groups in total. The highest BCUT2D eigenvalue weighted by atomic mass is 16.4. The molecule has 0 aliphatic rings. The van der Waals surface area contributed by atoms with Gasteiger partial charge in [-0.05, 0) is 0 Å². The van der Waals surface area contributed by atoms with Gasteiger partial charge in [0.1, 0.15) is 0 Å². The SMILES string of the molecule is O=C([O-])CN=C(c1ccccc1)c1ccccc1. The lowest BCUT2D eigenvalue weighted by atomic mass is 10.0. The molecule has 0 unspecified atom stereocenters. The Kier molecular flexibility index (Phi) is 3.86. The van der Waals surface area contributed by atoms with Crippen molar-refractivity contribution in [3.8, 4) is 0 Å². The van der Waals surface area contributed by atoms with E-state index in [2.05, 4.69) is 4.99 Å². The van der Waals surface area contributed by atoms with Crippen LogP contribution < -0.4 is 5.11 Å². The van der Waals surface area contributed by atoms with E-state index >= 15 is 0 Å². The highest BCUT2D eigenvalue weighted by Crippen LogP contribution is 2.10. The van der Waals surface area contributed by atoms with Crippen LogP contribution >= 0.6 is 0 Å². The third kappa shape index (κ3) is 3.04. The van der Waals surface area contributed by atoms with E-state index in [0.717, 1.165) is 11.1 Å². The second-order valence-corrected chi connectivity index (χ2v) is 3.77. The molecule has 0 saturated carbocycles. The Labute approximate surface area is 105 Å². The molecule has 0 spiro atoms. The minimum atomic E-state index is -1.18. The first-order chi connectivity index (χ1) is 8.77. The predicted octanol–water partition coefficient (Wildman–Crippen LogP) is 1.27. The number of rotatable bonds is 4. The van der Waals surface area contributed by atoms with Gasteiger partial charge in [-0.15, -0.1) is 0 Å². The summed E-state index contributed by atoms with van der Waals surface area (Å²) in [5.74, 6) is -1.18. The molecule has 0 aromatic heterocycles. The van der Waals surface area contributed by atoms with Crippen LogP contribution in [0, 0.1) is 0 Å². The lowest BCUT2D eigenvalue weighted by molar-refractivity contribution is -0.303. The molecule has 0 amide bonds. The van der Waals surface area contributed by atoms with Gasteiger partial charge >= 0.3 is 0 Å². The van der Waals surface area contributed by atoms with E-state index in [1.165, 1.54) is 0 Å². The second-order valence-electron chi connectivity index (χ2n) is 3.77. The van der Waals surface area contributed by atoms with Crippen molar-refractivity contribution in [1.82, 2.24) is 0 Å². The molecule has 0 atom stereocenters. The fourth-order valence-electron chi connectivity index (χ4n) is 1.68. The fourth-order valence-corrected chi connectivity index (χ4v) is 1.68. The van der Waals surface area contributed by atoms with Crippen LogP contribution in [0.15, 0.2) is 65.7 Å². The molecular weight excluding hydrogens is 226 g/mol. The van der Waals surface area contributed by atoms with Gasteiger partial charge in [0.05, 0.1) is 18.2 Å². The monoisotopic (exact) mass is 238 g/mol. The molecule has 3 nitrogen and oxygen atoms in total. The predicted molar refractivity (Wildman–Crippen MR) is 68.4 cm³/mol. The average molecular weight is 238 g/mol. The molecular formula is C15H12NO2-. The van der Waals surface area contributed by atoms with Gasteiger partial charge in [-0.25, -0.2) is 0 Å². The summed E-state index contributed by atoms with van der Waals surface area (Å²) in [5, 5.41) is 10.5. The van der Waals surface area contributed by atoms with Gasteiger partial charge in [0.2, 0.25) is 0 Å². The van der Waals surface area contributed by atoms with Crippen LogP contribution in [0.25, 0.3) is 0 Å². The maximum absolute atomic E-state index is 10.5. The molecule has 18 heavy (non-hydrogen) atoms. The van der Waals surface area contributed by atoms with Gasteiger partial charge in [-0.2, -0.15) is 0 Å². The minimum absolute atomic E-state index is 0.334. The van der Waals surface area contributed by atoms with Gasteiger partial charge in [0.15, 0.2) is 0 Å². The van der Waals surface area contributed by atoms with Crippen LogP contribution in [0.2, 0.25) is 0 Å². The number of benzene rings is 2. The highest BCUT2D eigenvalue weighted by molar-refractivity contribution is 6.13. The van der Waals surface area contributed by atoms with Crippen molar-refractivity contribution in [2.24, 2.45) is 4.99 Å². The Morgan fingerprint density at radius 1 is 0.889 bits per heavy atom. The largest absolute Gasteiger partial charge is 0.548 e. The van der Waals surface area contributed by atoms with Crippen LogP contribution in [0.3, 0.4) is 0 Å². The van der Waals surface area contributed by atoms with Gasteiger partial charge in [-0.3, -0.25) is 4.99 Å². The number of nitrogens with zero attached hydrogens (tertiary/aromatic N) is 1. The van der Waals surface area contributed by atoms with Gasteiger partial charge < -0.3 is 9.90 Å². The van der Waals surface area contributed by atoms with Gasteiger partial charge in [-0.1, -0.05) is 60.7 Å². The topological polar surface area (TPSA) is 52.5 Å². The fraction of sp³-hybridized carbons (Fsp3) is 0.0667. The summed E-state index contributed by atoms with van der Waals surface area (Å²) in [6.07, 6.45) is 0. The number of carboxylic acid groups (broad SMARTS) is 1. The molecule has 2 aromatic carbocycles. The molecule has 2 aromatic rings. The number of aliphatic carboxylic acids is 1. The summed E-state index contributed by atoms with van der Waals surface area (Å²) < 4.78 is 0. The van der Waals surface area contributed by atoms with E-state index in [1.807, 2.05) is 60.7 Å². The maximum atomic E-state index is 10.5. The van der Waals surface area contributed by atoms with Crippen molar-refractivity contribution in [1.29, 1.82) is 0 Å². The first kappa shape index (κ1) is 12.0. The summed E-state index contributed by atoms with van der Waals surface area (Å²) in [7, 11) is 0. The quantitative estimate of drug-likeness (QED) is 0.753. The van der Waals surface area contributed by atoms with Crippen molar-refractivity contribution in [3.05, 3.63) is 71.8 Å². The van der Waals surface area contributed by atoms with Crippen molar-refractivity contribution < 1.29 is 9.90 Å². The third-order valence-corrected chi connectivity index (χ3v) is 2.46. The number of carboxylic acids is 1. The maximum Gasteiger partial charge on any atom is 0.0792 e. The van der Waals surface area contributed by atoms with Crippen molar-refractivity contribution >= 4 is 11.7 Å². The van der Waals surface area contributed by atoms with Crippen LogP contribution in [-0.2, 0) is 4.79 Å². The molecule has 0 radical (unpaired) electrons. The summed E-state index contributed by atoms with van der Waals surface area (Å²) >= 11 is 0. The zero-order valence-corrected chi connectivity index (χ0v) is 9.74. The first-order valence-electron chi connectivity index (χ1n) is 5.62. The Bertz CT molecular complexity index is 506. The number of aliphatic imine (C=N–C) groups is 1. The summed E-state index contributed by atoms with van der Waals surface area (Å²) in [6.45, 7) is -0.334. The average Bonchev–Trinajstić information content (AvgIpc) is 2.41. The van der Waals surface area contributed by atoms with E-state index in [1.54, 1.807) is 0 Å². The van der Waals surface area contributed by atoms with Gasteiger partial charge in [0.25, 0.3) is 0 Å². The van der Waals surface area contributed by atoms with Crippen LogP contribution in [0.5, 0.6) is 0 Å². The van der Waals surface area contributed by atoms with E-state index in [4.69, 9.17) is 0 Å². The highest BCUT2D eigenvalue weighted by Gasteiger charge is 2.05. The normalized spacial score (nSPS) is 9.78. The molecule has 3 heteroatoms. The number of hydrogen-bond acceptors (Lipinski definition) is 3. The van der Waals surface area contributed by atoms with Crippen molar-refractivity contribution in [2.75, 3.05) is 6.54 Å². The lowest BCUT2D eigenvalue weighted by Gasteiger charge is -2.07. The number of carbonyl (C=O) groups is 1. The Hall–Kier alpha value is -2.42. The van der Waals surface area contributed by atoms with Crippen LogP contribution in [-0.4, -0.2) is 18.2 Å². The number of hydrogen-bond donors (Lipinski definition) is 0. The second kappa shape index (κ2) is 5.77. The Balaban J connectivity index is 2.42. The lowest BCUT2D eigenvalue weighted by Crippen LogP contribution is -2.25. The Morgan fingerprint density at radius 3 is 1.72 bits per heavy atom. The van der Waals surface area contributed by atoms with E-state index < -0.39 is 5.97 Å². The Morgan fingerprint density at radius 2 is 1.33 bits per heavy atom. The van der Waals surface area contributed by atoms with Crippen LogP contribution in [0.4, 0.5) is 0 Å². The zero-order valence-electron chi connectivity index (χ0n) is 9.74. The van der Waals surface area contributed by atoms with E-state index in [9.17, 15) is 9.90 Å². The molecule has 0 saturated heterocycles. The molecule has 90 valence electrons. The summed E-state index contributed by atoms with van der Waals surface area (Å²) in [6, 6.07) is 19.0. The molecule has 0 heterocycles. The van der Waals surface area contributed by atoms with Crippen LogP contribution in [0.1, 0.15) is 11.1 Å². The minimum Gasteiger partial charge on any atom is -0.548 e. The van der Waals surface area contributed by atoms with E-state index in [0.29, 0.717) is 5.71 Å². The summed E-state index contributed by atoms with van der Waals surface area (Å²) in [5.41, 5.74) is 2.45. The molecule has 0 bridgehead atoms. The van der Waals surface area contributed by atoms with Crippen molar-refractivity contribution in [3.63, 3.8) is 0 Å². The zero-order chi connectivity index (χ0) is 12.8. The van der Waals surface area contributed by atoms with E-state index in [-0.39, 0.29) is 6.54 Å². The first-order valence-corrected chi connectivity index (χ1v) is 5.62. The van der Waals surface area contributed by atoms with Crippen molar-refractivity contribution in [2.45, 2.75) is 0 Å². The molecule has 0 aliphatic carbocycles.